The Hall–Kier alpha value is -3.87. The summed E-state index contributed by atoms with van der Waals surface area (Å²) < 4.78 is 13.5. The summed E-state index contributed by atoms with van der Waals surface area (Å²) in [6.07, 6.45) is 11.7. The van der Waals surface area contributed by atoms with Gasteiger partial charge in [0.05, 0.1) is 12.8 Å². The highest BCUT2D eigenvalue weighted by Gasteiger charge is 2.23. The van der Waals surface area contributed by atoms with E-state index in [9.17, 15) is 4.79 Å². The fourth-order valence-corrected chi connectivity index (χ4v) is 4.79. The Morgan fingerprint density at radius 3 is 2.80 bits per heavy atom. The molecular weight excluding hydrogens is 440 g/mol. The molecule has 1 fully saturated rings. The molecule has 0 saturated carbocycles. The number of nitrogens with zero attached hydrogens (tertiary/aromatic N) is 4. The third-order valence-electron chi connectivity index (χ3n) is 6.66. The first kappa shape index (κ1) is 22.9. The molecule has 35 heavy (non-hydrogen) atoms. The van der Waals surface area contributed by atoms with Crippen LogP contribution in [0.15, 0.2) is 73.3 Å². The smallest absolute Gasteiger partial charge is 0.253 e. The van der Waals surface area contributed by atoms with Gasteiger partial charge < -0.3 is 18.8 Å². The summed E-state index contributed by atoms with van der Waals surface area (Å²) in [5.41, 5.74) is 3.75. The van der Waals surface area contributed by atoms with E-state index in [1.165, 1.54) is 5.56 Å². The van der Waals surface area contributed by atoms with E-state index in [4.69, 9.17) is 9.47 Å². The highest BCUT2D eigenvalue weighted by Crippen LogP contribution is 2.30. The van der Waals surface area contributed by atoms with Crippen molar-refractivity contribution in [1.82, 2.24) is 19.3 Å². The summed E-state index contributed by atoms with van der Waals surface area (Å²) in [6.45, 7) is 1.86. The van der Waals surface area contributed by atoms with Crippen molar-refractivity contribution in [3.63, 3.8) is 0 Å². The van der Waals surface area contributed by atoms with Crippen molar-refractivity contribution in [2.45, 2.75) is 32.3 Å². The van der Waals surface area contributed by atoms with E-state index in [0.29, 0.717) is 29.6 Å². The van der Waals surface area contributed by atoms with Crippen LogP contribution in [0.1, 0.15) is 40.9 Å². The maximum Gasteiger partial charge on any atom is 0.253 e. The molecule has 0 bridgehead atoms. The molecule has 5 rings (SSSR count). The van der Waals surface area contributed by atoms with Gasteiger partial charge in [-0.05, 0) is 73.6 Å². The van der Waals surface area contributed by atoms with Crippen molar-refractivity contribution in [2.75, 3.05) is 20.2 Å². The molecule has 0 aliphatic carbocycles. The quantitative estimate of drug-likeness (QED) is 0.388. The van der Waals surface area contributed by atoms with E-state index in [1.807, 2.05) is 47.8 Å². The van der Waals surface area contributed by atoms with Crippen molar-refractivity contribution in [3.05, 3.63) is 90.1 Å². The van der Waals surface area contributed by atoms with Crippen LogP contribution in [0.25, 0.3) is 5.65 Å². The summed E-state index contributed by atoms with van der Waals surface area (Å²) in [5, 5.41) is 0. The zero-order chi connectivity index (χ0) is 24.0. The lowest BCUT2D eigenvalue weighted by atomic mass is 9.93. The molecule has 180 valence electrons. The third-order valence-corrected chi connectivity index (χ3v) is 6.66. The zero-order valence-corrected chi connectivity index (χ0v) is 20.0. The number of ether oxygens (including phenoxy) is 2. The predicted molar refractivity (Wildman–Crippen MR) is 134 cm³/mol. The van der Waals surface area contributed by atoms with Crippen molar-refractivity contribution in [2.24, 2.45) is 5.92 Å². The van der Waals surface area contributed by atoms with Gasteiger partial charge in [-0.15, -0.1) is 0 Å². The molecule has 4 aromatic rings. The van der Waals surface area contributed by atoms with Crippen LogP contribution in [0.4, 0.5) is 0 Å². The number of rotatable bonds is 7. The maximum absolute atomic E-state index is 13.3. The molecule has 0 N–H and O–H groups in total. The van der Waals surface area contributed by atoms with E-state index in [2.05, 4.69) is 26.5 Å². The Morgan fingerprint density at radius 1 is 1.00 bits per heavy atom. The fraction of sp³-hybridized carbons (Fsp3) is 0.321. The molecule has 0 spiro atoms. The SMILES string of the molecule is COc1cc(C(=O)N2CCCC(Cc3cccn4ccnc34)CC2)ccc1OCc1ccccn1. The van der Waals surface area contributed by atoms with Crippen LogP contribution in [-0.4, -0.2) is 45.4 Å². The Balaban J connectivity index is 1.22. The second-order valence-electron chi connectivity index (χ2n) is 8.96. The molecule has 0 radical (unpaired) electrons. The van der Waals surface area contributed by atoms with Gasteiger partial charge in [-0.25, -0.2) is 4.98 Å². The first-order valence-electron chi connectivity index (χ1n) is 12.1. The lowest BCUT2D eigenvalue weighted by Gasteiger charge is -2.21. The molecule has 1 amide bonds. The van der Waals surface area contributed by atoms with E-state index < -0.39 is 0 Å². The van der Waals surface area contributed by atoms with Gasteiger partial charge in [-0.3, -0.25) is 9.78 Å². The number of likely N-dealkylation sites (tertiary alicyclic amines) is 1. The molecule has 3 aromatic heterocycles. The van der Waals surface area contributed by atoms with Gasteiger partial charge in [0.2, 0.25) is 0 Å². The van der Waals surface area contributed by atoms with Gasteiger partial charge in [0.15, 0.2) is 11.5 Å². The molecule has 1 aromatic carbocycles. The average Bonchev–Trinajstić information content (AvgIpc) is 3.27. The molecular formula is C28H30N4O3. The number of hydrogen-bond acceptors (Lipinski definition) is 5. The molecule has 1 aliphatic heterocycles. The maximum atomic E-state index is 13.3. The lowest BCUT2D eigenvalue weighted by Crippen LogP contribution is -2.32. The fourth-order valence-electron chi connectivity index (χ4n) is 4.79. The Morgan fingerprint density at radius 2 is 1.94 bits per heavy atom. The van der Waals surface area contributed by atoms with E-state index >= 15 is 0 Å². The number of methoxy groups -OCH3 is 1. The van der Waals surface area contributed by atoms with Crippen LogP contribution < -0.4 is 9.47 Å². The molecule has 1 unspecified atom stereocenters. The molecule has 1 aliphatic rings. The molecule has 7 nitrogen and oxygen atoms in total. The van der Waals surface area contributed by atoms with E-state index in [0.717, 1.165) is 50.1 Å². The number of hydrogen-bond donors (Lipinski definition) is 0. The number of amides is 1. The molecule has 7 heteroatoms. The molecule has 1 atom stereocenters. The summed E-state index contributed by atoms with van der Waals surface area (Å²) >= 11 is 0. The topological polar surface area (TPSA) is 69.0 Å². The van der Waals surface area contributed by atoms with Crippen molar-refractivity contribution in [1.29, 1.82) is 0 Å². The van der Waals surface area contributed by atoms with Crippen LogP contribution in [0.2, 0.25) is 0 Å². The molecule has 1 saturated heterocycles. The number of benzene rings is 1. The molecule has 4 heterocycles. The summed E-state index contributed by atoms with van der Waals surface area (Å²) in [6, 6.07) is 15.3. The Labute approximate surface area is 205 Å². The minimum atomic E-state index is 0.0376. The Bertz CT molecular complexity index is 1290. The van der Waals surface area contributed by atoms with E-state index in [1.54, 1.807) is 25.4 Å². The minimum Gasteiger partial charge on any atom is -0.493 e. The summed E-state index contributed by atoms with van der Waals surface area (Å²) in [4.78, 5) is 24.1. The van der Waals surface area contributed by atoms with Gasteiger partial charge in [-0.2, -0.15) is 0 Å². The largest absolute Gasteiger partial charge is 0.493 e. The van der Waals surface area contributed by atoms with Crippen LogP contribution in [0.3, 0.4) is 0 Å². The van der Waals surface area contributed by atoms with Crippen molar-refractivity contribution in [3.8, 4) is 11.5 Å². The normalized spacial score (nSPS) is 16.1. The van der Waals surface area contributed by atoms with Gasteiger partial charge in [0, 0.05) is 43.4 Å². The van der Waals surface area contributed by atoms with Gasteiger partial charge in [0.1, 0.15) is 12.3 Å². The van der Waals surface area contributed by atoms with E-state index in [-0.39, 0.29) is 5.91 Å². The number of aromatic nitrogens is 3. The lowest BCUT2D eigenvalue weighted by molar-refractivity contribution is 0.0759. The number of carbonyl (C=O) groups is 1. The number of fused-ring (bicyclic) bond motifs is 1. The second kappa shape index (κ2) is 10.6. The third kappa shape index (κ3) is 5.29. The van der Waals surface area contributed by atoms with Crippen molar-refractivity contribution < 1.29 is 14.3 Å². The monoisotopic (exact) mass is 470 g/mol. The first-order chi connectivity index (χ1) is 17.2. The number of pyridine rings is 2. The van der Waals surface area contributed by atoms with Crippen LogP contribution in [-0.2, 0) is 13.0 Å². The first-order valence-corrected chi connectivity index (χ1v) is 12.1. The highest BCUT2D eigenvalue weighted by atomic mass is 16.5. The Kier molecular flexibility index (Phi) is 6.93. The predicted octanol–water partition coefficient (Wildman–Crippen LogP) is 4.80. The van der Waals surface area contributed by atoms with Crippen LogP contribution >= 0.6 is 0 Å². The van der Waals surface area contributed by atoms with Gasteiger partial charge >= 0.3 is 0 Å². The summed E-state index contributed by atoms with van der Waals surface area (Å²) in [5.74, 6) is 1.72. The standard InChI is InChI=1S/C28H30N4O3/c1-34-26-19-23(9-10-25(26)35-20-24-8-2-3-12-29-24)28(33)32-15-4-6-21(11-16-32)18-22-7-5-14-31-17-13-30-27(22)31/h2-3,5,7-10,12-14,17,19,21H,4,6,11,15-16,18,20H2,1H3. The minimum absolute atomic E-state index is 0.0376. The summed E-state index contributed by atoms with van der Waals surface area (Å²) in [7, 11) is 1.59. The average molecular weight is 471 g/mol. The second-order valence-corrected chi connectivity index (χ2v) is 8.96. The van der Waals surface area contributed by atoms with Crippen molar-refractivity contribution >= 4 is 11.6 Å². The van der Waals surface area contributed by atoms with Gasteiger partial charge in [-0.1, -0.05) is 12.1 Å². The van der Waals surface area contributed by atoms with Crippen LogP contribution in [0.5, 0.6) is 11.5 Å². The van der Waals surface area contributed by atoms with Gasteiger partial charge in [0.25, 0.3) is 5.91 Å². The number of imidazole rings is 1. The highest BCUT2D eigenvalue weighted by molar-refractivity contribution is 5.95. The van der Waals surface area contributed by atoms with Crippen LogP contribution in [0, 0.1) is 5.92 Å². The number of carbonyl (C=O) groups excluding carboxylic acids is 1. The zero-order valence-electron chi connectivity index (χ0n) is 20.0.